The Morgan fingerprint density at radius 2 is 1.55 bits per heavy atom. The molecular formula is C15H22N2O3. The van der Waals surface area contributed by atoms with Crippen LogP contribution < -0.4 is 10.6 Å². The molecule has 0 aliphatic rings. The fraction of sp³-hybridized carbons (Fsp3) is 0.467. The SMILES string of the molecule is CC(=O)NCc1ccccc1CNC(=O)OC(C)(C)C. The summed E-state index contributed by atoms with van der Waals surface area (Å²) in [5, 5.41) is 5.45. The van der Waals surface area contributed by atoms with Gasteiger partial charge in [0.15, 0.2) is 0 Å². The minimum absolute atomic E-state index is 0.0834. The number of carbonyl (C=O) groups is 2. The second-order valence-corrected chi connectivity index (χ2v) is 5.53. The van der Waals surface area contributed by atoms with Gasteiger partial charge < -0.3 is 15.4 Å². The quantitative estimate of drug-likeness (QED) is 0.888. The molecule has 0 spiro atoms. The number of rotatable bonds is 4. The summed E-state index contributed by atoms with van der Waals surface area (Å²) in [5.41, 5.74) is 1.41. The van der Waals surface area contributed by atoms with Crippen LogP contribution in [0.25, 0.3) is 0 Å². The lowest BCUT2D eigenvalue weighted by Crippen LogP contribution is -2.32. The van der Waals surface area contributed by atoms with Crippen molar-refractivity contribution in [3.63, 3.8) is 0 Å². The molecule has 1 aromatic rings. The van der Waals surface area contributed by atoms with Gasteiger partial charge in [0.2, 0.25) is 5.91 Å². The molecule has 0 bridgehead atoms. The van der Waals surface area contributed by atoms with Crippen LogP contribution in [0, 0.1) is 0 Å². The van der Waals surface area contributed by atoms with Crippen LogP contribution in [0.1, 0.15) is 38.8 Å². The van der Waals surface area contributed by atoms with Crippen molar-refractivity contribution in [2.45, 2.75) is 46.4 Å². The van der Waals surface area contributed by atoms with Crippen LogP contribution in [0.15, 0.2) is 24.3 Å². The van der Waals surface area contributed by atoms with E-state index in [0.29, 0.717) is 13.1 Å². The van der Waals surface area contributed by atoms with E-state index in [1.807, 2.05) is 45.0 Å². The summed E-state index contributed by atoms with van der Waals surface area (Å²) in [6.07, 6.45) is -0.452. The highest BCUT2D eigenvalue weighted by atomic mass is 16.6. The number of carbonyl (C=O) groups excluding carboxylic acids is 2. The molecule has 20 heavy (non-hydrogen) atoms. The number of alkyl carbamates (subject to hydrolysis) is 1. The van der Waals surface area contributed by atoms with Crippen LogP contribution in [0.3, 0.4) is 0 Å². The van der Waals surface area contributed by atoms with Gasteiger partial charge in [-0.2, -0.15) is 0 Å². The Balaban J connectivity index is 2.59. The van der Waals surface area contributed by atoms with Crippen LogP contribution in [0.5, 0.6) is 0 Å². The smallest absolute Gasteiger partial charge is 0.407 e. The Bertz CT molecular complexity index is 478. The summed E-state index contributed by atoms with van der Waals surface area (Å²) >= 11 is 0. The van der Waals surface area contributed by atoms with Gasteiger partial charge >= 0.3 is 6.09 Å². The molecule has 5 heteroatoms. The normalized spacial score (nSPS) is 10.8. The lowest BCUT2D eigenvalue weighted by Gasteiger charge is -2.20. The molecule has 0 aliphatic heterocycles. The van der Waals surface area contributed by atoms with Crippen molar-refractivity contribution in [2.24, 2.45) is 0 Å². The van der Waals surface area contributed by atoms with E-state index in [2.05, 4.69) is 10.6 Å². The Morgan fingerprint density at radius 1 is 1.05 bits per heavy atom. The summed E-state index contributed by atoms with van der Waals surface area (Å²) in [7, 11) is 0. The van der Waals surface area contributed by atoms with Gasteiger partial charge in [-0.3, -0.25) is 4.79 Å². The number of benzene rings is 1. The third kappa shape index (κ3) is 6.22. The largest absolute Gasteiger partial charge is 0.444 e. The molecule has 0 radical (unpaired) electrons. The Morgan fingerprint density at radius 3 is 2.00 bits per heavy atom. The molecule has 2 N–H and O–H groups in total. The van der Waals surface area contributed by atoms with Gasteiger partial charge in [0.25, 0.3) is 0 Å². The van der Waals surface area contributed by atoms with Gasteiger partial charge in [0.05, 0.1) is 0 Å². The van der Waals surface area contributed by atoms with Crippen molar-refractivity contribution >= 4 is 12.0 Å². The zero-order valence-electron chi connectivity index (χ0n) is 12.4. The highest BCUT2D eigenvalue weighted by Crippen LogP contribution is 2.10. The van der Waals surface area contributed by atoms with Gasteiger partial charge in [0, 0.05) is 20.0 Å². The zero-order valence-corrected chi connectivity index (χ0v) is 12.4. The highest BCUT2D eigenvalue weighted by molar-refractivity contribution is 5.72. The van der Waals surface area contributed by atoms with Crippen molar-refractivity contribution in [3.8, 4) is 0 Å². The molecule has 0 atom stereocenters. The van der Waals surface area contributed by atoms with Gasteiger partial charge in [-0.1, -0.05) is 24.3 Å². The second kappa shape index (κ2) is 6.93. The molecule has 0 saturated heterocycles. The van der Waals surface area contributed by atoms with Crippen molar-refractivity contribution < 1.29 is 14.3 Å². The predicted molar refractivity (Wildman–Crippen MR) is 77.0 cm³/mol. The summed E-state index contributed by atoms with van der Waals surface area (Å²) in [4.78, 5) is 22.6. The van der Waals surface area contributed by atoms with Crippen LogP contribution in [-0.4, -0.2) is 17.6 Å². The van der Waals surface area contributed by atoms with E-state index >= 15 is 0 Å². The first-order valence-electron chi connectivity index (χ1n) is 6.56. The van der Waals surface area contributed by atoms with Crippen molar-refractivity contribution in [2.75, 3.05) is 0 Å². The molecule has 0 saturated carbocycles. The van der Waals surface area contributed by atoms with E-state index in [1.165, 1.54) is 6.92 Å². The molecule has 0 unspecified atom stereocenters. The maximum Gasteiger partial charge on any atom is 0.407 e. The standard InChI is InChI=1S/C15H22N2O3/c1-11(18)16-9-12-7-5-6-8-13(12)10-17-14(19)20-15(2,3)4/h5-8H,9-10H2,1-4H3,(H,16,18)(H,17,19). The first-order chi connectivity index (χ1) is 9.28. The maximum atomic E-state index is 11.6. The van der Waals surface area contributed by atoms with E-state index in [-0.39, 0.29) is 5.91 Å². The average Bonchev–Trinajstić information content (AvgIpc) is 2.32. The first-order valence-corrected chi connectivity index (χ1v) is 6.56. The monoisotopic (exact) mass is 278 g/mol. The van der Waals surface area contributed by atoms with E-state index in [1.54, 1.807) is 0 Å². The molecule has 110 valence electrons. The van der Waals surface area contributed by atoms with Crippen LogP contribution in [-0.2, 0) is 22.6 Å². The van der Waals surface area contributed by atoms with Gasteiger partial charge in [-0.25, -0.2) is 4.79 Å². The summed E-state index contributed by atoms with van der Waals surface area (Å²) < 4.78 is 5.18. The summed E-state index contributed by atoms with van der Waals surface area (Å²) in [6, 6.07) is 7.62. The Kier molecular flexibility index (Phi) is 5.55. The topological polar surface area (TPSA) is 67.4 Å². The summed E-state index contributed by atoms with van der Waals surface area (Å²) in [5.74, 6) is -0.0834. The van der Waals surface area contributed by atoms with Gasteiger partial charge in [0.1, 0.15) is 5.60 Å². The van der Waals surface area contributed by atoms with E-state index in [0.717, 1.165) is 11.1 Å². The minimum Gasteiger partial charge on any atom is -0.444 e. The second-order valence-electron chi connectivity index (χ2n) is 5.53. The number of hydrogen-bond donors (Lipinski definition) is 2. The lowest BCUT2D eigenvalue weighted by atomic mass is 10.1. The molecule has 2 amide bonds. The molecule has 0 aromatic heterocycles. The van der Waals surface area contributed by atoms with Crippen molar-refractivity contribution in [1.82, 2.24) is 10.6 Å². The van der Waals surface area contributed by atoms with Crippen molar-refractivity contribution in [1.29, 1.82) is 0 Å². The molecule has 0 fully saturated rings. The lowest BCUT2D eigenvalue weighted by molar-refractivity contribution is -0.119. The highest BCUT2D eigenvalue weighted by Gasteiger charge is 2.16. The molecule has 5 nitrogen and oxygen atoms in total. The molecular weight excluding hydrogens is 256 g/mol. The average molecular weight is 278 g/mol. The first kappa shape index (κ1) is 16.0. The molecule has 0 heterocycles. The Labute approximate surface area is 119 Å². The molecule has 1 rings (SSSR count). The van der Waals surface area contributed by atoms with Gasteiger partial charge in [-0.15, -0.1) is 0 Å². The van der Waals surface area contributed by atoms with Crippen molar-refractivity contribution in [3.05, 3.63) is 35.4 Å². The minimum atomic E-state index is -0.514. The number of hydrogen-bond acceptors (Lipinski definition) is 3. The van der Waals surface area contributed by atoms with Crippen LogP contribution in [0.4, 0.5) is 4.79 Å². The maximum absolute atomic E-state index is 11.6. The number of amides is 2. The van der Waals surface area contributed by atoms with E-state index < -0.39 is 11.7 Å². The number of nitrogens with one attached hydrogen (secondary N) is 2. The molecule has 1 aromatic carbocycles. The zero-order chi connectivity index (χ0) is 15.2. The summed E-state index contributed by atoms with van der Waals surface area (Å²) in [6.45, 7) is 7.74. The van der Waals surface area contributed by atoms with E-state index in [9.17, 15) is 9.59 Å². The predicted octanol–water partition coefficient (Wildman–Crippen LogP) is 2.35. The fourth-order valence-electron chi connectivity index (χ4n) is 1.60. The molecule has 0 aliphatic carbocycles. The number of ether oxygens (including phenoxy) is 1. The van der Waals surface area contributed by atoms with Crippen LogP contribution >= 0.6 is 0 Å². The van der Waals surface area contributed by atoms with Gasteiger partial charge in [-0.05, 0) is 31.9 Å². The van der Waals surface area contributed by atoms with Crippen LogP contribution in [0.2, 0.25) is 0 Å². The fourth-order valence-corrected chi connectivity index (χ4v) is 1.60. The Hall–Kier alpha value is -2.04. The van der Waals surface area contributed by atoms with E-state index in [4.69, 9.17) is 4.74 Å². The third-order valence-corrected chi connectivity index (χ3v) is 2.47. The third-order valence-electron chi connectivity index (χ3n) is 2.47.